The summed E-state index contributed by atoms with van der Waals surface area (Å²) in [6, 6.07) is 14.9. The lowest BCUT2D eigenvalue weighted by Crippen LogP contribution is -2.48. The highest BCUT2D eigenvalue weighted by atomic mass is 79.9. The summed E-state index contributed by atoms with van der Waals surface area (Å²) in [6.45, 7) is 5.57. The molecule has 1 aliphatic carbocycles. The minimum absolute atomic E-state index is 0.155. The van der Waals surface area contributed by atoms with Crippen molar-refractivity contribution in [2.45, 2.75) is 39.0 Å². The summed E-state index contributed by atoms with van der Waals surface area (Å²) >= 11 is 3.46. The maximum atomic E-state index is 14.3. The number of aliphatic imine (C=N–C) groups is 1. The smallest absolute Gasteiger partial charge is 0.336 e. The fourth-order valence-corrected chi connectivity index (χ4v) is 5.64. The van der Waals surface area contributed by atoms with E-state index in [4.69, 9.17) is 19.2 Å². The quantitative estimate of drug-likeness (QED) is 0.329. The summed E-state index contributed by atoms with van der Waals surface area (Å²) in [6.07, 6.45) is 0.369. The van der Waals surface area contributed by atoms with E-state index in [0.29, 0.717) is 29.2 Å². The van der Waals surface area contributed by atoms with Crippen molar-refractivity contribution in [1.29, 1.82) is 0 Å². The summed E-state index contributed by atoms with van der Waals surface area (Å²) in [5, 5.41) is 0. The van der Waals surface area contributed by atoms with Gasteiger partial charge in [0, 0.05) is 27.7 Å². The topological polar surface area (TPSA) is 91.3 Å². The monoisotopic (exact) mass is 567 g/mol. The van der Waals surface area contributed by atoms with Crippen LogP contribution in [0.15, 0.2) is 69.3 Å². The highest BCUT2D eigenvalue weighted by Gasteiger charge is 2.53. The number of nitrogens with zero attached hydrogens (tertiary/aromatic N) is 1. The summed E-state index contributed by atoms with van der Waals surface area (Å²) < 4.78 is 17.0. The van der Waals surface area contributed by atoms with Crippen molar-refractivity contribution in [2.24, 2.45) is 16.8 Å². The number of Topliss-reactive ketones (excluding diaryl/α,β-unsaturated/α-hetero) is 1. The molecule has 0 saturated heterocycles. The number of hydrogen-bond donors (Lipinski definition) is 0. The molecule has 2 aromatic carbocycles. The van der Waals surface area contributed by atoms with Crippen LogP contribution in [-0.4, -0.2) is 43.8 Å². The number of ketones is 1. The Balaban J connectivity index is 1.89. The molecule has 1 aliphatic heterocycles. The van der Waals surface area contributed by atoms with Crippen LogP contribution in [-0.2, 0) is 23.9 Å². The van der Waals surface area contributed by atoms with Gasteiger partial charge < -0.3 is 14.2 Å². The van der Waals surface area contributed by atoms with Gasteiger partial charge in [-0.05, 0) is 62.6 Å². The zero-order valence-corrected chi connectivity index (χ0v) is 22.9. The molecule has 0 radical (unpaired) electrons. The van der Waals surface area contributed by atoms with E-state index >= 15 is 0 Å². The molecule has 4 rings (SSSR count). The molecule has 2 aromatic rings. The number of ether oxygens (including phenoxy) is 3. The maximum Gasteiger partial charge on any atom is 0.336 e. The number of fused-ring (bicyclic) bond motifs is 1. The van der Waals surface area contributed by atoms with E-state index in [2.05, 4.69) is 15.9 Å². The SMILES string of the molecule is CCOC(=O)C1=C(C)N=C2CC(c3cccc(OC)c3)C(C(=O)OCC)C(=O)C2C1c1ccc(Br)cc1. The summed E-state index contributed by atoms with van der Waals surface area (Å²) in [7, 11) is 1.57. The molecule has 7 nitrogen and oxygen atoms in total. The summed E-state index contributed by atoms with van der Waals surface area (Å²) in [4.78, 5) is 45.5. The van der Waals surface area contributed by atoms with Gasteiger partial charge in [-0.2, -0.15) is 0 Å². The largest absolute Gasteiger partial charge is 0.497 e. The summed E-state index contributed by atoms with van der Waals surface area (Å²) in [5.41, 5.74) is 3.08. The van der Waals surface area contributed by atoms with Crippen LogP contribution in [0.25, 0.3) is 0 Å². The van der Waals surface area contributed by atoms with Crippen LogP contribution in [0.5, 0.6) is 5.75 Å². The molecule has 1 fully saturated rings. The second kappa shape index (κ2) is 11.4. The Morgan fingerprint density at radius 2 is 1.70 bits per heavy atom. The highest BCUT2D eigenvalue weighted by molar-refractivity contribution is 9.10. The standard InChI is InChI=1S/C29H30BrNO6/c1-5-36-28(33)23-16(3)31-22-15-21(18-8-7-9-20(14-18)35-4)25(29(34)37-6-2)27(32)26(22)24(23)17-10-12-19(30)13-11-17/h7-14,21,24-26H,5-6,15H2,1-4H3. The van der Waals surface area contributed by atoms with Crippen molar-refractivity contribution in [1.82, 2.24) is 0 Å². The van der Waals surface area contributed by atoms with E-state index in [1.54, 1.807) is 27.9 Å². The Bertz CT molecular complexity index is 1270. The molecular formula is C29H30BrNO6. The number of allylic oxidation sites excluding steroid dienone is 1. The second-order valence-corrected chi connectivity index (χ2v) is 9.96. The van der Waals surface area contributed by atoms with Gasteiger partial charge in [0.15, 0.2) is 5.78 Å². The van der Waals surface area contributed by atoms with Crippen LogP contribution >= 0.6 is 15.9 Å². The van der Waals surface area contributed by atoms with E-state index in [0.717, 1.165) is 15.6 Å². The molecule has 194 valence electrons. The lowest BCUT2D eigenvalue weighted by molar-refractivity contribution is -0.153. The normalized spacial score (nSPS) is 23.2. The van der Waals surface area contributed by atoms with Crippen LogP contribution < -0.4 is 4.74 Å². The molecule has 4 atom stereocenters. The maximum absolute atomic E-state index is 14.3. The number of carbonyl (C=O) groups is 3. The lowest BCUT2D eigenvalue weighted by Gasteiger charge is -2.41. The minimum atomic E-state index is -1.05. The van der Waals surface area contributed by atoms with Crippen molar-refractivity contribution < 1.29 is 28.6 Å². The van der Waals surface area contributed by atoms with Gasteiger partial charge in [0.1, 0.15) is 11.7 Å². The van der Waals surface area contributed by atoms with Gasteiger partial charge in [-0.1, -0.05) is 40.2 Å². The number of esters is 2. The van der Waals surface area contributed by atoms with Gasteiger partial charge in [0.05, 0.1) is 31.8 Å². The van der Waals surface area contributed by atoms with Crippen LogP contribution in [0.4, 0.5) is 0 Å². The molecule has 0 amide bonds. The third-order valence-electron chi connectivity index (χ3n) is 6.94. The van der Waals surface area contributed by atoms with Gasteiger partial charge in [-0.15, -0.1) is 0 Å². The van der Waals surface area contributed by atoms with E-state index in [1.165, 1.54) is 0 Å². The lowest BCUT2D eigenvalue weighted by atomic mass is 9.62. The molecule has 1 heterocycles. The van der Waals surface area contributed by atoms with Gasteiger partial charge in [0.25, 0.3) is 0 Å². The zero-order valence-electron chi connectivity index (χ0n) is 21.3. The van der Waals surface area contributed by atoms with Crippen molar-refractivity contribution >= 4 is 39.4 Å². The van der Waals surface area contributed by atoms with Gasteiger partial charge in [-0.25, -0.2) is 4.79 Å². The van der Waals surface area contributed by atoms with Crippen LogP contribution in [0, 0.1) is 11.8 Å². The van der Waals surface area contributed by atoms with E-state index in [-0.39, 0.29) is 19.0 Å². The van der Waals surface area contributed by atoms with E-state index < -0.39 is 35.6 Å². The first-order chi connectivity index (χ1) is 17.8. The highest BCUT2D eigenvalue weighted by Crippen LogP contribution is 2.48. The predicted octanol–water partition coefficient (Wildman–Crippen LogP) is 5.39. The molecule has 8 heteroatoms. The predicted molar refractivity (Wildman–Crippen MR) is 143 cm³/mol. The average molecular weight is 568 g/mol. The fourth-order valence-electron chi connectivity index (χ4n) is 5.37. The minimum Gasteiger partial charge on any atom is -0.497 e. The molecule has 4 unspecified atom stereocenters. The Hall–Kier alpha value is -3.26. The molecule has 0 aromatic heterocycles. The Labute approximate surface area is 225 Å². The van der Waals surface area contributed by atoms with Gasteiger partial charge >= 0.3 is 11.9 Å². The average Bonchev–Trinajstić information content (AvgIpc) is 2.88. The number of halogens is 1. The van der Waals surface area contributed by atoms with Gasteiger partial charge in [-0.3, -0.25) is 14.6 Å². The number of methoxy groups -OCH3 is 1. The number of carbonyl (C=O) groups excluding carboxylic acids is 3. The molecule has 0 bridgehead atoms. The number of benzene rings is 2. The van der Waals surface area contributed by atoms with E-state index in [9.17, 15) is 14.4 Å². The Kier molecular flexibility index (Phi) is 8.27. The molecule has 2 aliphatic rings. The van der Waals surface area contributed by atoms with Gasteiger partial charge in [0.2, 0.25) is 0 Å². The van der Waals surface area contributed by atoms with Crippen LogP contribution in [0.1, 0.15) is 50.2 Å². The fraction of sp³-hybridized carbons (Fsp3) is 0.379. The second-order valence-electron chi connectivity index (χ2n) is 9.05. The number of hydrogen-bond acceptors (Lipinski definition) is 7. The van der Waals surface area contributed by atoms with E-state index in [1.807, 2.05) is 48.5 Å². The third-order valence-corrected chi connectivity index (χ3v) is 7.46. The molecule has 37 heavy (non-hydrogen) atoms. The first-order valence-corrected chi connectivity index (χ1v) is 13.1. The first kappa shape index (κ1) is 26.8. The molecule has 0 spiro atoms. The van der Waals surface area contributed by atoms with Crippen molar-refractivity contribution in [3.63, 3.8) is 0 Å². The van der Waals surface area contributed by atoms with Crippen molar-refractivity contribution in [2.75, 3.05) is 20.3 Å². The summed E-state index contributed by atoms with van der Waals surface area (Å²) in [5.74, 6) is -3.69. The first-order valence-electron chi connectivity index (χ1n) is 12.4. The molecular weight excluding hydrogens is 538 g/mol. The van der Waals surface area contributed by atoms with Crippen LogP contribution in [0.3, 0.4) is 0 Å². The zero-order chi connectivity index (χ0) is 26.7. The van der Waals surface area contributed by atoms with Crippen LogP contribution in [0.2, 0.25) is 0 Å². The Morgan fingerprint density at radius 1 is 1.00 bits per heavy atom. The molecule has 0 N–H and O–H groups in total. The number of rotatable bonds is 7. The molecule has 1 saturated carbocycles. The van der Waals surface area contributed by atoms with Crippen molar-refractivity contribution in [3.8, 4) is 5.75 Å². The third kappa shape index (κ3) is 5.25. The van der Waals surface area contributed by atoms with Crippen molar-refractivity contribution in [3.05, 3.63) is 75.4 Å². The Morgan fingerprint density at radius 3 is 2.35 bits per heavy atom.